The van der Waals surface area contributed by atoms with Crippen LogP contribution in [0, 0.1) is 11.8 Å². The van der Waals surface area contributed by atoms with Gasteiger partial charge < -0.3 is 19.5 Å². The zero-order valence-electron chi connectivity index (χ0n) is 24.6. The van der Waals surface area contributed by atoms with Crippen LogP contribution in [0.4, 0.5) is 26.3 Å². The number of amides is 1. The zero-order chi connectivity index (χ0) is 32.3. The summed E-state index contributed by atoms with van der Waals surface area (Å²) in [6.45, 7) is 2.97. The van der Waals surface area contributed by atoms with E-state index in [1.54, 1.807) is 18.2 Å². The van der Waals surface area contributed by atoms with Gasteiger partial charge in [-0.3, -0.25) is 9.69 Å². The van der Waals surface area contributed by atoms with E-state index in [4.69, 9.17) is 9.47 Å². The standard InChI is InChI=1S/C32H34F6N2O5/c1-18-14-39(10-8-25(18)19-3-2-4-20(11-19)28(41)42)24-7-9-30(45-16-24,22-5-6-22)29(43)40-15-21-12-23(31(33,34)35)13-26(32(36,37)38)27(21)44-17-40/h2-4,11-13,18,22,24-25H,5-10,14-17H2,1H3,(H,41,42)/t18-,24+,25-,30-/m0/s1. The molecular formula is C32H34F6N2O5. The monoisotopic (exact) mass is 640 g/mol. The summed E-state index contributed by atoms with van der Waals surface area (Å²) in [5, 5.41) is 9.38. The number of nitrogens with zero attached hydrogens (tertiary/aromatic N) is 2. The molecule has 3 heterocycles. The number of carbonyl (C=O) groups is 2. The number of halogens is 6. The van der Waals surface area contributed by atoms with Gasteiger partial charge in [0.25, 0.3) is 5.91 Å². The van der Waals surface area contributed by atoms with Crippen LogP contribution in [-0.4, -0.2) is 64.9 Å². The molecule has 244 valence electrons. The molecule has 0 spiro atoms. The molecule has 2 aromatic rings. The number of aromatic carboxylic acids is 1. The van der Waals surface area contributed by atoms with E-state index in [-0.39, 0.29) is 47.6 Å². The number of alkyl halides is 6. The van der Waals surface area contributed by atoms with Gasteiger partial charge in [0.05, 0.1) is 29.8 Å². The van der Waals surface area contributed by atoms with Crippen LogP contribution in [0.15, 0.2) is 36.4 Å². The molecule has 0 unspecified atom stereocenters. The highest BCUT2D eigenvalue weighted by Gasteiger charge is 2.56. The summed E-state index contributed by atoms with van der Waals surface area (Å²) in [6.07, 6.45) is -6.72. The highest BCUT2D eigenvalue weighted by molar-refractivity contribution is 5.88. The minimum absolute atomic E-state index is 0.0421. The second kappa shape index (κ2) is 11.5. The molecule has 2 aromatic carbocycles. The van der Waals surface area contributed by atoms with E-state index in [0.29, 0.717) is 18.9 Å². The van der Waals surface area contributed by atoms with Gasteiger partial charge in [-0.1, -0.05) is 19.1 Å². The van der Waals surface area contributed by atoms with Crippen molar-refractivity contribution in [1.29, 1.82) is 0 Å². The lowest BCUT2D eigenvalue weighted by molar-refractivity contribution is -0.181. The minimum Gasteiger partial charge on any atom is -0.478 e. The molecular weight excluding hydrogens is 606 g/mol. The van der Waals surface area contributed by atoms with Crippen LogP contribution in [0.25, 0.3) is 0 Å². The normalized spacial score (nSPS) is 27.9. The highest BCUT2D eigenvalue weighted by Crippen LogP contribution is 2.50. The van der Waals surface area contributed by atoms with Crippen molar-refractivity contribution in [1.82, 2.24) is 9.80 Å². The third kappa shape index (κ3) is 6.13. The SMILES string of the molecule is C[C@H]1CN([C@@H]2CC[C@@](C(=O)N3COc4c(cc(C(F)(F)F)cc4C(F)(F)F)C3)(C3CC3)OC2)CC[C@@H]1c1cccc(C(=O)O)c1. The first-order valence-electron chi connectivity index (χ1n) is 15.1. The van der Waals surface area contributed by atoms with Gasteiger partial charge in [0.15, 0.2) is 6.73 Å². The molecule has 13 heteroatoms. The second-order valence-electron chi connectivity index (χ2n) is 12.7. The second-order valence-corrected chi connectivity index (χ2v) is 12.7. The first-order chi connectivity index (χ1) is 21.2. The lowest BCUT2D eigenvalue weighted by Crippen LogP contribution is -2.59. The fourth-order valence-electron chi connectivity index (χ4n) is 7.33. The first-order valence-corrected chi connectivity index (χ1v) is 15.1. The van der Waals surface area contributed by atoms with Crippen molar-refractivity contribution in [2.45, 2.75) is 75.5 Å². The van der Waals surface area contributed by atoms with Gasteiger partial charge in [0, 0.05) is 18.2 Å². The summed E-state index contributed by atoms with van der Waals surface area (Å²) in [4.78, 5) is 28.9. The third-order valence-corrected chi connectivity index (χ3v) is 9.81. The number of hydrogen-bond acceptors (Lipinski definition) is 5. The van der Waals surface area contributed by atoms with Crippen LogP contribution < -0.4 is 4.74 Å². The van der Waals surface area contributed by atoms with Crippen molar-refractivity contribution in [2.24, 2.45) is 11.8 Å². The van der Waals surface area contributed by atoms with Crippen molar-refractivity contribution in [3.63, 3.8) is 0 Å². The lowest BCUT2D eigenvalue weighted by atomic mass is 9.79. The van der Waals surface area contributed by atoms with E-state index in [1.165, 1.54) is 4.90 Å². The quantitative estimate of drug-likeness (QED) is 0.374. The Morgan fingerprint density at radius 3 is 2.36 bits per heavy atom. The molecule has 1 saturated carbocycles. The van der Waals surface area contributed by atoms with Crippen LogP contribution >= 0.6 is 0 Å². The van der Waals surface area contributed by atoms with Crippen LogP contribution in [0.5, 0.6) is 5.75 Å². The maximum atomic E-state index is 14.0. The molecule has 1 N–H and O–H groups in total. The van der Waals surface area contributed by atoms with E-state index in [2.05, 4.69) is 11.8 Å². The number of carbonyl (C=O) groups excluding carboxylic acids is 1. The Morgan fingerprint density at radius 2 is 1.76 bits per heavy atom. The Morgan fingerprint density at radius 1 is 1.00 bits per heavy atom. The van der Waals surface area contributed by atoms with Crippen molar-refractivity contribution in [3.05, 3.63) is 64.2 Å². The largest absolute Gasteiger partial charge is 0.478 e. The first kappa shape index (κ1) is 31.7. The third-order valence-electron chi connectivity index (χ3n) is 9.81. The van der Waals surface area contributed by atoms with Gasteiger partial charge >= 0.3 is 18.3 Å². The summed E-state index contributed by atoms with van der Waals surface area (Å²) in [6, 6.07) is 7.73. The Balaban J connectivity index is 1.14. The van der Waals surface area contributed by atoms with E-state index in [9.17, 15) is 41.0 Å². The number of fused-ring (bicyclic) bond motifs is 1. The van der Waals surface area contributed by atoms with Gasteiger partial charge in [-0.05, 0) is 86.2 Å². The highest BCUT2D eigenvalue weighted by atomic mass is 19.4. The van der Waals surface area contributed by atoms with Gasteiger partial charge in [-0.25, -0.2) is 4.79 Å². The number of ether oxygens (including phenoxy) is 2. The Kier molecular flexibility index (Phi) is 8.08. The maximum absolute atomic E-state index is 14.0. The van der Waals surface area contributed by atoms with Gasteiger partial charge in [0.2, 0.25) is 0 Å². The van der Waals surface area contributed by atoms with Crippen molar-refractivity contribution in [2.75, 3.05) is 26.4 Å². The predicted octanol–water partition coefficient (Wildman–Crippen LogP) is 6.55. The predicted molar refractivity (Wildman–Crippen MR) is 148 cm³/mol. The molecule has 4 atom stereocenters. The van der Waals surface area contributed by atoms with E-state index in [0.717, 1.165) is 37.9 Å². The number of carboxylic acids is 1. The Hall–Kier alpha value is -3.32. The van der Waals surface area contributed by atoms with Crippen molar-refractivity contribution >= 4 is 11.9 Å². The number of likely N-dealkylation sites (tertiary alicyclic amines) is 1. The number of hydrogen-bond donors (Lipinski definition) is 1. The number of piperidine rings is 1. The number of carboxylic acid groups (broad SMARTS) is 1. The molecule has 1 aliphatic carbocycles. The summed E-state index contributed by atoms with van der Waals surface area (Å²) in [7, 11) is 0. The molecule has 0 aromatic heterocycles. The molecule has 0 bridgehead atoms. The molecule has 3 aliphatic heterocycles. The Labute approximate surface area is 256 Å². The number of benzene rings is 2. The molecule has 2 saturated heterocycles. The van der Waals surface area contributed by atoms with Crippen molar-refractivity contribution < 1.29 is 50.5 Å². The number of rotatable bonds is 5. The average Bonchev–Trinajstić information content (AvgIpc) is 3.85. The zero-order valence-corrected chi connectivity index (χ0v) is 24.6. The van der Waals surface area contributed by atoms with Crippen molar-refractivity contribution in [3.8, 4) is 5.75 Å². The fourth-order valence-corrected chi connectivity index (χ4v) is 7.33. The van der Waals surface area contributed by atoms with Crippen LogP contribution in [0.3, 0.4) is 0 Å². The van der Waals surface area contributed by atoms with Gasteiger partial charge in [0.1, 0.15) is 11.4 Å². The summed E-state index contributed by atoms with van der Waals surface area (Å²) < 4.78 is 93.1. The molecule has 7 nitrogen and oxygen atoms in total. The van der Waals surface area contributed by atoms with Crippen LogP contribution in [-0.2, 0) is 28.4 Å². The topological polar surface area (TPSA) is 79.3 Å². The van der Waals surface area contributed by atoms with E-state index < -0.39 is 60.0 Å². The molecule has 3 fully saturated rings. The smallest absolute Gasteiger partial charge is 0.419 e. The van der Waals surface area contributed by atoms with Crippen LogP contribution in [0.2, 0.25) is 0 Å². The molecule has 4 aliphatic rings. The summed E-state index contributed by atoms with van der Waals surface area (Å²) in [5.41, 5.74) is -3.26. The Bertz CT molecular complexity index is 1460. The summed E-state index contributed by atoms with van der Waals surface area (Å²) >= 11 is 0. The van der Waals surface area contributed by atoms with E-state index >= 15 is 0 Å². The van der Waals surface area contributed by atoms with Gasteiger partial charge in [-0.2, -0.15) is 26.3 Å². The fraction of sp³-hybridized carbons (Fsp3) is 0.562. The maximum Gasteiger partial charge on any atom is 0.419 e. The van der Waals surface area contributed by atoms with Gasteiger partial charge in [-0.15, -0.1) is 0 Å². The molecule has 0 radical (unpaired) electrons. The van der Waals surface area contributed by atoms with E-state index in [1.807, 2.05) is 6.07 Å². The average molecular weight is 641 g/mol. The molecule has 45 heavy (non-hydrogen) atoms. The lowest BCUT2D eigenvalue weighted by Gasteiger charge is -2.47. The summed E-state index contributed by atoms with van der Waals surface area (Å²) in [5.74, 6) is -1.75. The molecule has 1 amide bonds. The van der Waals surface area contributed by atoms with Crippen LogP contribution in [0.1, 0.15) is 77.6 Å². The minimum atomic E-state index is -5.07. The molecule has 6 rings (SSSR count).